The van der Waals surface area contributed by atoms with Crippen LogP contribution in [0.5, 0.6) is 5.75 Å². The molecule has 0 bridgehead atoms. The molecule has 1 aliphatic rings. The summed E-state index contributed by atoms with van der Waals surface area (Å²) in [5.41, 5.74) is 6.79. The van der Waals surface area contributed by atoms with E-state index in [1.807, 2.05) is 42.5 Å². The minimum Gasteiger partial charge on any atom is -0.483 e. The van der Waals surface area contributed by atoms with Gasteiger partial charge < -0.3 is 14.1 Å². The van der Waals surface area contributed by atoms with Crippen molar-refractivity contribution in [3.63, 3.8) is 0 Å². The van der Waals surface area contributed by atoms with Gasteiger partial charge in [0.2, 0.25) is 11.8 Å². The van der Waals surface area contributed by atoms with Crippen LogP contribution in [0.3, 0.4) is 0 Å². The first-order valence-corrected chi connectivity index (χ1v) is 11.2. The van der Waals surface area contributed by atoms with Gasteiger partial charge in [0, 0.05) is 13.0 Å². The van der Waals surface area contributed by atoms with Gasteiger partial charge in [-0.1, -0.05) is 36.4 Å². The average molecular weight is 512 g/mol. The second kappa shape index (κ2) is 10.4. The van der Waals surface area contributed by atoms with Crippen molar-refractivity contribution in [1.29, 1.82) is 0 Å². The van der Waals surface area contributed by atoms with Crippen LogP contribution in [0.4, 0.5) is 0 Å². The van der Waals surface area contributed by atoms with Gasteiger partial charge in [-0.2, -0.15) is 0 Å². The van der Waals surface area contributed by atoms with Gasteiger partial charge in [0.15, 0.2) is 6.61 Å². The van der Waals surface area contributed by atoms with Crippen LogP contribution in [0.15, 0.2) is 75.8 Å². The van der Waals surface area contributed by atoms with E-state index in [1.165, 1.54) is 6.26 Å². The summed E-state index contributed by atoms with van der Waals surface area (Å²) in [4.78, 5) is 38.2. The lowest BCUT2D eigenvalue weighted by molar-refractivity contribution is -0.132. The number of hydrazine groups is 1. The van der Waals surface area contributed by atoms with Gasteiger partial charge in [0.1, 0.15) is 11.5 Å². The predicted molar refractivity (Wildman–Crippen MR) is 124 cm³/mol. The summed E-state index contributed by atoms with van der Waals surface area (Å²) in [6, 6.07) is 19.0. The number of furan rings is 1. The van der Waals surface area contributed by atoms with Crippen LogP contribution in [0, 0.1) is 5.92 Å². The minimum atomic E-state index is -0.548. The number of likely N-dealkylation sites (tertiary alicyclic amines) is 1. The summed E-state index contributed by atoms with van der Waals surface area (Å²) >= 11 is 3.46. The lowest BCUT2D eigenvalue weighted by Crippen LogP contribution is -2.46. The molecule has 1 saturated heterocycles. The van der Waals surface area contributed by atoms with Gasteiger partial charge in [-0.25, -0.2) is 0 Å². The topological polar surface area (TPSA) is 101 Å². The van der Waals surface area contributed by atoms with Gasteiger partial charge in [-0.05, 0) is 51.3 Å². The maximum Gasteiger partial charge on any atom is 0.276 e. The molecular formula is C24H22BrN3O5. The predicted octanol–water partition coefficient (Wildman–Crippen LogP) is 3.28. The van der Waals surface area contributed by atoms with Gasteiger partial charge in [0.25, 0.3) is 5.91 Å². The number of nitrogens with one attached hydrogen (secondary N) is 2. The second-order valence-electron chi connectivity index (χ2n) is 7.59. The highest BCUT2D eigenvalue weighted by atomic mass is 79.9. The largest absolute Gasteiger partial charge is 0.483 e. The molecule has 0 aliphatic carbocycles. The molecule has 33 heavy (non-hydrogen) atoms. The van der Waals surface area contributed by atoms with E-state index in [4.69, 9.17) is 9.15 Å². The number of hydrogen-bond acceptors (Lipinski definition) is 5. The highest BCUT2D eigenvalue weighted by Gasteiger charge is 2.34. The van der Waals surface area contributed by atoms with Crippen molar-refractivity contribution in [2.75, 3.05) is 13.2 Å². The zero-order chi connectivity index (χ0) is 23.2. The SMILES string of the molecule is O=C(COc1ccc(-c2ccccc2)cc1Br)NNC(=O)C1CC(=O)N(Cc2ccco2)C1. The Bertz CT molecular complexity index is 1130. The van der Waals surface area contributed by atoms with Crippen molar-refractivity contribution >= 4 is 33.7 Å². The summed E-state index contributed by atoms with van der Waals surface area (Å²) in [6.07, 6.45) is 1.62. The van der Waals surface area contributed by atoms with Gasteiger partial charge in [-0.15, -0.1) is 0 Å². The third kappa shape index (κ3) is 5.81. The molecule has 2 N–H and O–H groups in total. The quantitative estimate of drug-likeness (QED) is 0.474. The number of ether oxygens (including phenoxy) is 1. The summed E-state index contributed by atoms with van der Waals surface area (Å²) in [7, 11) is 0. The van der Waals surface area contributed by atoms with E-state index in [9.17, 15) is 14.4 Å². The summed E-state index contributed by atoms with van der Waals surface area (Å²) in [6.45, 7) is 0.296. The van der Waals surface area contributed by atoms with E-state index >= 15 is 0 Å². The number of rotatable bonds is 7. The van der Waals surface area contributed by atoms with Crippen LogP contribution in [0.1, 0.15) is 12.2 Å². The first-order chi connectivity index (χ1) is 16.0. The number of amides is 3. The molecule has 0 saturated carbocycles. The summed E-state index contributed by atoms with van der Waals surface area (Å²) < 4.78 is 11.5. The molecule has 4 rings (SSSR count). The van der Waals surface area contributed by atoms with Crippen LogP contribution in [-0.2, 0) is 20.9 Å². The van der Waals surface area contributed by atoms with E-state index in [0.29, 0.717) is 22.5 Å². The number of halogens is 1. The monoisotopic (exact) mass is 511 g/mol. The van der Waals surface area contributed by atoms with Crippen molar-refractivity contribution in [3.8, 4) is 16.9 Å². The maximum absolute atomic E-state index is 12.4. The molecule has 1 atom stereocenters. The van der Waals surface area contributed by atoms with Crippen LogP contribution in [-0.4, -0.2) is 35.8 Å². The van der Waals surface area contributed by atoms with Crippen LogP contribution < -0.4 is 15.6 Å². The standard InChI is InChI=1S/C24H22BrN3O5/c25-20-11-17(16-5-2-1-3-6-16)8-9-21(20)33-15-22(29)26-27-24(31)18-12-23(30)28(13-18)14-19-7-4-10-32-19/h1-11,18H,12-15H2,(H,26,29)(H,27,31). The zero-order valence-corrected chi connectivity index (χ0v) is 19.2. The molecule has 8 nitrogen and oxygen atoms in total. The summed E-state index contributed by atoms with van der Waals surface area (Å²) in [5, 5.41) is 0. The number of hydrogen-bond donors (Lipinski definition) is 2. The van der Waals surface area contributed by atoms with Crippen molar-refractivity contribution < 1.29 is 23.5 Å². The Kier molecular flexibility index (Phi) is 7.09. The molecule has 3 amide bonds. The van der Waals surface area contributed by atoms with Crippen molar-refractivity contribution in [2.24, 2.45) is 5.92 Å². The molecule has 2 heterocycles. The minimum absolute atomic E-state index is 0.0830. The van der Waals surface area contributed by atoms with E-state index in [-0.39, 0.29) is 25.5 Å². The molecule has 170 valence electrons. The Morgan fingerprint density at radius 3 is 2.61 bits per heavy atom. The van der Waals surface area contributed by atoms with Crippen LogP contribution in [0.25, 0.3) is 11.1 Å². The van der Waals surface area contributed by atoms with Gasteiger partial charge in [0.05, 0.1) is 23.2 Å². The van der Waals surface area contributed by atoms with Crippen molar-refractivity contribution in [1.82, 2.24) is 15.8 Å². The maximum atomic E-state index is 12.4. The highest BCUT2D eigenvalue weighted by molar-refractivity contribution is 9.10. The Balaban J connectivity index is 1.23. The molecule has 0 radical (unpaired) electrons. The molecule has 9 heteroatoms. The molecule has 1 aliphatic heterocycles. The Morgan fingerprint density at radius 1 is 1.06 bits per heavy atom. The van der Waals surface area contributed by atoms with Crippen LogP contribution in [0.2, 0.25) is 0 Å². The van der Waals surface area contributed by atoms with E-state index < -0.39 is 17.7 Å². The molecule has 2 aromatic carbocycles. The zero-order valence-electron chi connectivity index (χ0n) is 17.6. The Labute approximate surface area is 199 Å². The molecule has 1 unspecified atom stereocenters. The smallest absolute Gasteiger partial charge is 0.276 e. The molecule has 1 aromatic heterocycles. The second-order valence-corrected chi connectivity index (χ2v) is 8.45. The number of nitrogens with zero attached hydrogens (tertiary/aromatic N) is 1. The molecule has 3 aromatic rings. The lowest BCUT2D eigenvalue weighted by atomic mass is 10.1. The average Bonchev–Trinajstić information content (AvgIpc) is 3.47. The normalized spacial score (nSPS) is 15.4. The van der Waals surface area contributed by atoms with Crippen LogP contribution >= 0.6 is 15.9 Å². The Hall–Kier alpha value is -3.59. The first-order valence-electron chi connectivity index (χ1n) is 10.4. The van der Waals surface area contributed by atoms with E-state index in [0.717, 1.165) is 11.1 Å². The van der Waals surface area contributed by atoms with Gasteiger partial charge >= 0.3 is 0 Å². The van der Waals surface area contributed by atoms with E-state index in [1.54, 1.807) is 23.1 Å². The fourth-order valence-corrected chi connectivity index (χ4v) is 4.03. The molecule has 1 fully saturated rings. The van der Waals surface area contributed by atoms with Crippen molar-refractivity contribution in [3.05, 3.63) is 77.2 Å². The lowest BCUT2D eigenvalue weighted by Gasteiger charge is -2.15. The number of benzene rings is 2. The third-order valence-corrected chi connectivity index (χ3v) is 5.85. The fraction of sp³-hybridized carbons (Fsp3) is 0.208. The Morgan fingerprint density at radius 2 is 1.88 bits per heavy atom. The number of carbonyl (C=O) groups is 3. The van der Waals surface area contributed by atoms with E-state index in [2.05, 4.69) is 26.8 Å². The molecule has 0 spiro atoms. The first kappa shape index (κ1) is 22.6. The van der Waals surface area contributed by atoms with Crippen molar-refractivity contribution in [2.45, 2.75) is 13.0 Å². The third-order valence-electron chi connectivity index (χ3n) is 5.23. The van der Waals surface area contributed by atoms with Gasteiger partial charge in [-0.3, -0.25) is 25.2 Å². The fourth-order valence-electron chi connectivity index (χ4n) is 3.53. The highest BCUT2D eigenvalue weighted by Crippen LogP contribution is 2.30. The summed E-state index contributed by atoms with van der Waals surface area (Å²) in [5.74, 6) is -0.464. The number of carbonyl (C=O) groups excluding carboxylic acids is 3. The molecular weight excluding hydrogens is 490 g/mol.